The summed E-state index contributed by atoms with van der Waals surface area (Å²) < 4.78 is 39.4. The zero-order chi connectivity index (χ0) is 14.0. The van der Waals surface area contributed by atoms with Crippen molar-refractivity contribution >= 4 is 0 Å². The third-order valence-electron chi connectivity index (χ3n) is 2.80. The fourth-order valence-electron chi connectivity index (χ4n) is 2.00. The van der Waals surface area contributed by atoms with Crippen LogP contribution in [0.5, 0.6) is 0 Å². The maximum absolute atomic E-state index is 13.1. The highest BCUT2D eigenvalue weighted by Gasteiger charge is 2.36. The molecule has 0 amide bonds. The van der Waals surface area contributed by atoms with Crippen LogP contribution in [0.4, 0.5) is 13.2 Å². The highest BCUT2D eigenvalue weighted by molar-refractivity contribution is 5.71. The van der Waals surface area contributed by atoms with Gasteiger partial charge in [-0.25, -0.2) is 0 Å². The van der Waals surface area contributed by atoms with E-state index in [1.54, 1.807) is 24.3 Å². The Balaban J connectivity index is 2.75. The van der Waals surface area contributed by atoms with Crippen molar-refractivity contribution in [1.82, 2.24) is 0 Å². The molecule has 0 fully saturated rings. The van der Waals surface area contributed by atoms with Crippen LogP contribution >= 0.6 is 0 Å². The lowest BCUT2D eigenvalue weighted by molar-refractivity contribution is -0.137. The van der Waals surface area contributed by atoms with Gasteiger partial charge in [0.1, 0.15) is 0 Å². The van der Waals surface area contributed by atoms with Crippen LogP contribution < -0.4 is 0 Å². The van der Waals surface area contributed by atoms with Crippen molar-refractivity contribution in [2.75, 3.05) is 0 Å². The molecule has 0 N–H and O–H groups in total. The van der Waals surface area contributed by atoms with Crippen LogP contribution in [0.3, 0.4) is 0 Å². The molecule has 4 heteroatoms. The van der Waals surface area contributed by atoms with Crippen LogP contribution in [0.25, 0.3) is 11.1 Å². The minimum absolute atomic E-state index is 0.0373. The fourth-order valence-corrected chi connectivity index (χ4v) is 2.00. The molecule has 0 spiro atoms. The molecule has 0 aliphatic rings. The van der Waals surface area contributed by atoms with Crippen LogP contribution in [-0.2, 0) is 6.18 Å². The highest BCUT2D eigenvalue weighted by Crippen LogP contribution is 2.39. The standard InChI is InChI=1S/C15H10F3N/c1-10-4-2-5-11(8-10)13-7-3-6-12(9-19)14(13)15(16,17)18/h2-8H,1H3. The van der Waals surface area contributed by atoms with E-state index < -0.39 is 11.7 Å². The number of hydrogen-bond acceptors (Lipinski definition) is 1. The van der Waals surface area contributed by atoms with Gasteiger partial charge in [-0.15, -0.1) is 0 Å². The number of aryl methyl sites for hydroxylation is 1. The maximum Gasteiger partial charge on any atom is 0.418 e. The Hall–Kier alpha value is -2.28. The number of benzene rings is 2. The highest BCUT2D eigenvalue weighted by atomic mass is 19.4. The molecule has 0 unspecified atom stereocenters. The Morgan fingerprint density at radius 2 is 1.74 bits per heavy atom. The summed E-state index contributed by atoms with van der Waals surface area (Å²) in [6.07, 6.45) is -4.55. The monoisotopic (exact) mass is 261 g/mol. The van der Waals surface area contributed by atoms with Gasteiger partial charge in [0.05, 0.1) is 17.2 Å². The van der Waals surface area contributed by atoms with Gasteiger partial charge >= 0.3 is 6.18 Å². The lowest BCUT2D eigenvalue weighted by Gasteiger charge is -2.14. The van der Waals surface area contributed by atoms with E-state index in [9.17, 15) is 13.2 Å². The Morgan fingerprint density at radius 3 is 2.32 bits per heavy atom. The first-order valence-corrected chi connectivity index (χ1v) is 5.61. The number of nitrogens with zero attached hydrogens (tertiary/aromatic N) is 1. The smallest absolute Gasteiger partial charge is 0.192 e. The van der Waals surface area contributed by atoms with Gasteiger partial charge in [-0.2, -0.15) is 18.4 Å². The van der Waals surface area contributed by atoms with E-state index >= 15 is 0 Å². The Labute approximate surface area is 108 Å². The van der Waals surface area contributed by atoms with E-state index in [-0.39, 0.29) is 11.1 Å². The molecule has 2 aromatic carbocycles. The van der Waals surface area contributed by atoms with Crippen molar-refractivity contribution in [2.45, 2.75) is 13.1 Å². The lowest BCUT2D eigenvalue weighted by atomic mass is 9.94. The van der Waals surface area contributed by atoms with Gasteiger partial charge in [0.2, 0.25) is 0 Å². The van der Waals surface area contributed by atoms with Crippen LogP contribution in [0.2, 0.25) is 0 Å². The minimum atomic E-state index is -4.55. The van der Waals surface area contributed by atoms with E-state index in [4.69, 9.17) is 5.26 Å². The minimum Gasteiger partial charge on any atom is -0.192 e. The molecule has 0 heterocycles. The number of hydrogen-bond donors (Lipinski definition) is 0. The first kappa shape index (κ1) is 13.2. The summed E-state index contributed by atoms with van der Waals surface area (Å²) in [7, 11) is 0. The van der Waals surface area contributed by atoms with Gasteiger partial charge in [-0.1, -0.05) is 42.0 Å². The number of halogens is 3. The molecule has 0 saturated heterocycles. The third kappa shape index (κ3) is 2.60. The molecule has 0 saturated carbocycles. The molecule has 2 rings (SSSR count). The summed E-state index contributed by atoms with van der Waals surface area (Å²) in [6, 6.07) is 12.4. The number of nitriles is 1. The zero-order valence-corrected chi connectivity index (χ0v) is 10.1. The van der Waals surface area contributed by atoms with Gasteiger partial charge in [-0.05, 0) is 24.1 Å². The summed E-state index contributed by atoms with van der Waals surface area (Å²) in [5.74, 6) is 0. The second-order valence-electron chi connectivity index (χ2n) is 4.21. The van der Waals surface area contributed by atoms with E-state index in [1.165, 1.54) is 18.2 Å². The van der Waals surface area contributed by atoms with E-state index in [0.717, 1.165) is 5.56 Å². The van der Waals surface area contributed by atoms with Crippen molar-refractivity contribution < 1.29 is 13.2 Å². The molecule has 0 atom stereocenters. The van der Waals surface area contributed by atoms with Gasteiger partial charge in [0.25, 0.3) is 0 Å². The molecule has 2 aromatic rings. The summed E-state index contributed by atoms with van der Waals surface area (Å²) in [6.45, 7) is 1.81. The van der Waals surface area contributed by atoms with Crippen molar-refractivity contribution in [3.63, 3.8) is 0 Å². The van der Waals surface area contributed by atoms with Crippen LogP contribution in [-0.4, -0.2) is 0 Å². The maximum atomic E-state index is 13.1. The average Bonchev–Trinajstić information content (AvgIpc) is 2.36. The molecule has 0 aliphatic heterocycles. The molecule has 0 aromatic heterocycles. The second kappa shape index (κ2) is 4.77. The van der Waals surface area contributed by atoms with Crippen molar-refractivity contribution in [2.24, 2.45) is 0 Å². The van der Waals surface area contributed by atoms with Crippen LogP contribution in [0.1, 0.15) is 16.7 Å². The quantitative estimate of drug-likeness (QED) is 0.738. The largest absolute Gasteiger partial charge is 0.418 e. The van der Waals surface area contributed by atoms with E-state index in [1.807, 2.05) is 13.0 Å². The molecule has 19 heavy (non-hydrogen) atoms. The van der Waals surface area contributed by atoms with Crippen LogP contribution in [0, 0.1) is 18.3 Å². The van der Waals surface area contributed by atoms with Gasteiger partial charge in [-0.3, -0.25) is 0 Å². The van der Waals surface area contributed by atoms with E-state index in [0.29, 0.717) is 5.56 Å². The summed E-state index contributed by atoms with van der Waals surface area (Å²) in [5, 5.41) is 8.86. The third-order valence-corrected chi connectivity index (χ3v) is 2.80. The molecule has 0 radical (unpaired) electrons. The summed E-state index contributed by atoms with van der Waals surface area (Å²) in [4.78, 5) is 0. The van der Waals surface area contributed by atoms with E-state index in [2.05, 4.69) is 0 Å². The second-order valence-corrected chi connectivity index (χ2v) is 4.21. The van der Waals surface area contributed by atoms with Gasteiger partial charge < -0.3 is 0 Å². The molecule has 1 nitrogen and oxygen atoms in total. The zero-order valence-electron chi connectivity index (χ0n) is 10.1. The lowest BCUT2D eigenvalue weighted by Crippen LogP contribution is -2.10. The molecule has 0 bridgehead atoms. The Bertz CT molecular complexity index is 651. The number of rotatable bonds is 1. The summed E-state index contributed by atoms with van der Waals surface area (Å²) >= 11 is 0. The van der Waals surface area contributed by atoms with Crippen molar-refractivity contribution in [1.29, 1.82) is 5.26 Å². The van der Waals surface area contributed by atoms with Crippen molar-refractivity contribution in [3.8, 4) is 17.2 Å². The Morgan fingerprint density at radius 1 is 1.05 bits per heavy atom. The van der Waals surface area contributed by atoms with Gasteiger partial charge in [0.15, 0.2) is 0 Å². The SMILES string of the molecule is Cc1cccc(-c2cccc(C#N)c2C(F)(F)F)c1. The topological polar surface area (TPSA) is 23.8 Å². The summed E-state index contributed by atoms with van der Waals surface area (Å²) in [5.41, 5.74) is 0.141. The molecular formula is C15H10F3N. The number of alkyl halides is 3. The first-order valence-electron chi connectivity index (χ1n) is 5.61. The van der Waals surface area contributed by atoms with Crippen molar-refractivity contribution in [3.05, 3.63) is 59.2 Å². The fraction of sp³-hybridized carbons (Fsp3) is 0.133. The molecular weight excluding hydrogens is 251 g/mol. The Kier molecular flexibility index (Phi) is 3.30. The normalized spacial score (nSPS) is 11.1. The van der Waals surface area contributed by atoms with Gasteiger partial charge in [0, 0.05) is 0 Å². The predicted octanol–water partition coefficient (Wildman–Crippen LogP) is 4.55. The molecule has 0 aliphatic carbocycles. The molecule has 96 valence electrons. The van der Waals surface area contributed by atoms with Crippen LogP contribution in [0.15, 0.2) is 42.5 Å². The first-order chi connectivity index (χ1) is 8.93. The predicted molar refractivity (Wildman–Crippen MR) is 66.3 cm³/mol. The average molecular weight is 261 g/mol.